The molecule has 39 heavy (non-hydrogen) atoms. The molecule has 1 atom stereocenters. The summed E-state index contributed by atoms with van der Waals surface area (Å²) in [4.78, 5) is 38.2. The van der Waals surface area contributed by atoms with Crippen LogP contribution in [-0.2, 0) is 35.6 Å². The van der Waals surface area contributed by atoms with Crippen molar-refractivity contribution < 1.29 is 36.5 Å². The minimum Gasteiger partial charge on any atom is -0.444 e. The topological polar surface area (TPSA) is 163 Å². The predicted molar refractivity (Wildman–Crippen MR) is 144 cm³/mol. The summed E-state index contributed by atoms with van der Waals surface area (Å²) in [7, 11) is -3.66. The van der Waals surface area contributed by atoms with Gasteiger partial charge in [0.25, 0.3) is 0 Å². The van der Waals surface area contributed by atoms with E-state index >= 15 is 0 Å². The minimum atomic E-state index is -3.66. The van der Waals surface area contributed by atoms with Crippen LogP contribution in [-0.4, -0.2) is 63.0 Å². The smallest absolute Gasteiger partial charge is 0.408 e. The van der Waals surface area contributed by atoms with Crippen molar-refractivity contribution in [2.75, 3.05) is 19.5 Å². The summed E-state index contributed by atoms with van der Waals surface area (Å²) in [6, 6.07) is 12.8. The number of nitrogens with two attached hydrogens (primary N) is 1. The fourth-order valence-corrected chi connectivity index (χ4v) is 4.57. The van der Waals surface area contributed by atoms with Crippen molar-refractivity contribution in [1.29, 1.82) is 0 Å². The Kier molecular flexibility index (Phi) is 9.23. The molecule has 1 saturated heterocycles. The van der Waals surface area contributed by atoms with Gasteiger partial charge in [-0.2, -0.15) is 8.42 Å². The van der Waals surface area contributed by atoms with Gasteiger partial charge in [-0.25, -0.2) is 4.79 Å². The molecule has 4 N–H and O–H groups in total. The highest BCUT2D eigenvalue weighted by Crippen LogP contribution is 2.26. The van der Waals surface area contributed by atoms with E-state index < -0.39 is 45.2 Å². The third kappa shape index (κ3) is 8.96. The lowest BCUT2D eigenvalue weighted by Gasteiger charge is -2.37. The maximum atomic E-state index is 13.4. The first-order valence-corrected chi connectivity index (χ1v) is 14.3. The van der Waals surface area contributed by atoms with E-state index in [1.54, 1.807) is 63.2 Å². The molecule has 0 radical (unpaired) electrons. The zero-order valence-corrected chi connectivity index (χ0v) is 23.3. The zero-order valence-electron chi connectivity index (χ0n) is 22.5. The van der Waals surface area contributed by atoms with Crippen molar-refractivity contribution in [1.82, 2.24) is 10.6 Å². The van der Waals surface area contributed by atoms with Crippen LogP contribution in [0.2, 0.25) is 0 Å². The van der Waals surface area contributed by atoms with Gasteiger partial charge in [-0.1, -0.05) is 36.4 Å². The Hall–Kier alpha value is -3.64. The van der Waals surface area contributed by atoms with Gasteiger partial charge < -0.3 is 30.0 Å². The minimum absolute atomic E-state index is 0.123. The third-order valence-corrected chi connectivity index (χ3v) is 6.47. The lowest BCUT2D eigenvalue weighted by atomic mass is 9.88. The lowest BCUT2D eigenvalue weighted by molar-refractivity contribution is -0.135. The van der Waals surface area contributed by atoms with Crippen LogP contribution in [0.4, 0.5) is 4.79 Å². The molecule has 1 aliphatic rings. The van der Waals surface area contributed by atoms with Gasteiger partial charge in [0.1, 0.15) is 22.9 Å². The average Bonchev–Trinajstić information content (AvgIpc) is 2.82. The lowest BCUT2D eigenvalue weighted by Crippen LogP contribution is -2.64. The highest BCUT2D eigenvalue weighted by molar-refractivity contribution is 7.86. The van der Waals surface area contributed by atoms with Gasteiger partial charge in [0.15, 0.2) is 0 Å². The Morgan fingerprint density at radius 1 is 1.05 bits per heavy atom. The standard InChI is InChI=1S/C27H35N3O8S/c1-26(2,3)37-25(33)30-27(12-14-36-15-13-27)24(32)29-22(23(28)31)16-18-8-10-19(11-9-18)20-6-5-7-21(17-20)38-39(4,34)35/h5-11,17,22H,12-16H2,1-4H3,(H2,28,31)(H,29,32)(H,30,33)/t22-/m0/s1. The van der Waals surface area contributed by atoms with Crippen LogP contribution < -0.4 is 20.6 Å². The quantitative estimate of drug-likeness (QED) is 0.393. The zero-order chi connectivity index (χ0) is 28.8. The summed E-state index contributed by atoms with van der Waals surface area (Å²) in [5.41, 5.74) is 5.82. The second-order valence-electron chi connectivity index (χ2n) is 10.5. The Labute approximate surface area is 228 Å². The molecule has 2 aromatic rings. The number of hydrogen-bond acceptors (Lipinski definition) is 8. The molecule has 12 heteroatoms. The number of amides is 3. The number of ether oxygens (including phenoxy) is 2. The van der Waals surface area contributed by atoms with Crippen molar-refractivity contribution in [3.63, 3.8) is 0 Å². The van der Waals surface area contributed by atoms with E-state index in [1.807, 2.05) is 6.07 Å². The molecule has 2 aromatic carbocycles. The van der Waals surface area contributed by atoms with Gasteiger partial charge in [0.2, 0.25) is 11.8 Å². The monoisotopic (exact) mass is 561 g/mol. The molecular weight excluding hydrogens is 526 g/mol. The molecule has 11 nitrogen and oxygen atoms in total. The highest BCUT2D eigenvalue weighted by atomic mass is 32.2. The van der Waals surface area contributed by atoms with E-state index in [-0.39, 0.29) is 38.2 Å². The summed E-state index contributed by atoms with van der Waals surface area (Å²) in [6.45, 7) is 5.66. The second-order valence-corrected chi connectivity index (χ2v) is 12.0. The van der Waals surface area contributed by atoms with Gasteiger partial charge in [-0.15, -0.1) is 0 Å². The van der Waals surface area contributed by atoms with Crippen LogP contribution in [0.1, 0.15) is 39.2 Å². The van der Waals surface area contributed by atoms with Crippen molar-refractivity contribution in [3.8, 4) is 16.9 Å². The summed E-state index contributed by atoms with van der Waals surface area (Å²) >= 11 is 0. The summed E-state index contributed by atoms with van der Waals surface area (Å²) < 4.78 is 38.5. The summed E-state index contributed by atoms with van der Waals surface area (Å²) in [5, 5.41) is 5.39. The molecule has 3 rings (SSSR count). The number of benzene rings is 2. The number of alkyl carbamates (subject to hydrolysis) is 1. The van der Waals surface area contributed by atoms with Crippen LogP contribution in [0.15, 0.2) is 48.5 Å². The summed E-state index contributed by atoms with van der Waals surface area (Å²) in [5.74, 6) is -1.07. The van der Waals surface area contributed by atoms with Crippen molar-refractivity contribution in [3.05, 3.63) is 54.1 Å². The van der Waals surface area contributed by atoms with E-state index in [4.69, 9.17) is 19.4 Å². The number of hydrogen-bond donors (Lipinski definition) is 3. The van der Waals surface area contributed by atoms with Crippen LogP contribution in [0.3, 0.4) is 0 Å². The van der Waals surface area contributed by atoms with Crippen LogP contribution in [0.25, 0.3) is 11.1 Å². The van der Waals surface area contributed by atoms with E-state index in [1.165, 1.54) is 0 Å². The normalized spacial score (nSPS) is 16.0. The van der Waals surface area contributed by atoms with E-state index in [2.05, 4.69) is 10.6 Å². The SMILES string of the molecule is CC(C)(C)OC(=O)NC1(C(=O)N[C@@H](Cc2ccc(-c3cccc(OS(C)(=O)=O)c3)cc2)C(N)=O)CCOCC1. The first-order chi connectivity index (χ1) is 18.2. The Bertz CT molecular complexity index is 1300. The number of carbonyl (C=O) groups is 3. The second kappa shape index (κ2) is 12.0. The fourth-order valence-electron chi connectivity index (χ4n) is 4.12. The van der Waals surface area contributed by atoms with E-state index in [9.17, 15) is 22.8 Å². The van der Waals surface area contributed by atoms with Crippen LogP contribution >= 0.6 is 0 Å². The molecule has 1 heterocycles. The Morgan fingerprint density at radius 2 is 1.69 bits per heavy atom. The van der Waals surface area contributed by atoms with Gasteiger partial charge in [0.05, 0.1) is 6.26 Å². The molecule has 0 aromatic heterocycles. The predicted octanol–water partition coefficient (Wildman–Crippen LogP) is 2.28. The number of primary amides is 1. The van der Waals surface area contributed by atoms with Crippen LogP contribution in [0, 0.1) is 0 Å². The number of nitrogens with one attached hydrogen (secondary N) is 2. The Morgan fingerprint density at radius 3 is 2.26 bits per heavy atom. The highest BCUT2D eigenvalue weighted by Gasteiger charge is 2.43. The molecule has 0 aliphatic carbocycles. The maximum Gasteiger partial charge on any atom is 0.408 e. The molecule has 0 bridgehead atoms. The molecule has 0 unspecified atom stereocenters. The van der Waals surface area contributed by atoms with Crippen molar-refractivity contribution >= 4 is 28.0 Å². The first-order valence-electron chi connectivity index (χ1n) is 12.4. The largest absolute Gasteiger partial charge is 0.444 e. The number of rotatable bonds is 9. The van der Waals surface area contributed by atoms with E-state index in [0.717, 1.165) is 22.9 Å². The molecular formula is C27H35N3O8S. The first kappa shape index (κ1) is 29.9. The molecule has 3 amide bonds. The van der Waals surface area contributed by atoms with Gasteiger partial charge in [0, 0.05) is 32.5 Å². The molecule has 0 saturated carbocycles. The molecule has 212 valence electrons. The van der Waals surface area contributed by atoms with Crippen LogP contribution in [0.5, 0.6) is 5.75 Å². The third-order valence-electron chi connectivity index (χ3n) is 5.98. The molecule has 0 spiro atoms. The Balaban J connectivity index is 1.73. The fraction of sp³-hybridized carbons (Fsp3) is 0.444. The molecule has 1 fully saturated rings. The van der Waals surface area contributed by atoms with E-state index in [0.29, 0.717) is 0 Å². The van der Waals surface area contributed by atoms with Crippen molar-refractivity contribution in [2.24, 2.45) is 5.73 Å². The average molecular weight is 562 g/mol. The van der Waals surface area contributed by atoms with Gasteiger partial charge in [-0.3, -0.25) is 9.59 Å². The maximum absolute atomic E-state index is 13.4. The van der Waals surface area contributed by atoms with Gasteiger partial charge >= 0.3 is 16.2 Å². The number of carbonyl (C=O) groups excluding carboxylic acids is 3. The van der Waals surface area contributed by atoms with Gasteiger partial charge in [-0.05, 0) is 49.6 Å². The van der Waals surface area contributed by atoms with Crippen molar-refractivity contribution in [2.45, 2.75) is 57.2 Å². The molecule has 1 aliphatic heterocycles. The summed E-state index contributed by atoms with van der Waals surface area (Å²) in [6.07, 6.45) is 0.773.